The molecule has 3 rings (SSSR count). The Morgan fingerprint density at radius 1 is 1.10 bits per heavy atom. The van der Waals surface area contributed by atoms with Gasteiger partial charge in [-0.2, -0.15) is 0 Å². The van der Waals surface area contributed by atoms with Crippen LogP contribution in [0.5, 0.6) is 5.75 Å². The zero-order valence-corrected chi connectivity index (χ0v) is 18.6. The molecule has 0 unspecified atom stereocenters. The van der Waals surface area contributed by atoms with Crippen LogP contribution in [0, 0.1) is 5.92 Å². The molecule has 0 atom stereocenters. The first-order valence-corrected chi connectivity index (χ1v) is 10.9. The van der Waals surface area contributed by atoms with E-state index in [1.807, 2.05) is 17.0 Å². The molecular formula is C24H31ClN2O3. The third-order valence-corrected chi connectivity index (χ3v) is 5.97. The van der Waals surface area contributed by atoms with Gasteiger partial charge >= 0.3 is 0 Å². The summed E-state index contributed by atoms with van der Waals surface area (Å²) in [5.74, 6) is 1.48. The summed E-state index contributed by atoms with van der Waals surface area (Å²) < 4.78 is 10.7. The van der Waals surface area contributed by atoms with Crippen LogP contribution in [0.4, 0.5) is 0 Å². The molecule has 2 aromatic carbocycles. The van der Waals surface area contributed by atoms with E-state index in [1.54, 1.807) is 38.5 Å². The summed E-state index contributed by atoms with van der Waals surface area (Å²) >= 11 is 5.97. The van der Waals surface area contributed by atoms with E-state index >= 15 is 0 Å². The topological polar surface area (TPSA) is 42.0 Å². The van der Waals surface area contributed by atoms with E-state index in [9.17, 15) is 4.79 Å². The van der Waals surface area contributed by atoms with Gasteiger partial charge in [0, 0.05) is 42.9 Å². The summed E-state index contributed by atoms with van der Waals surface area (Å²) in [5, 5.41) is 0.636. The van der Waals surface area contributed by atoms with E-state index in [4.69, 9.17) is 21.1 Å². The molecule has 1 heterocycles. The summed E-state index contributed by atoms with van der Waals surface area (Å²) in [5.41, 5.74) is 1.89. The number of ether oxygens (including phenoxy) is 2. The molecule has 2 aromatic rings. The van der Waals surface area contributed by atoms with Gasteiger partial charge in [0.05, 0.1) is 13.7 Å². The zero-order valence-electron chi connectivity index (χ0n) is 17.9. The third-order valence-electron chi connectivity index (χ3n) is 5.72. The minimum absolute atomic E-state index is 0.0418. The SMILES string of the molecule is COCCN(CC1CCN(Cc2ccccc2OC)CC1)C(=O)c1ccc(Cl)cc1. The molecule has 30 heavy (non-hydrogen) atoms. The van der Waals surface area contributed by atoms with Crippen molar-refractivity contribution in [3.05, 3.63) is 64.7 Å². The molecule has 0 radical (unpaired) electrons. The van der Waals surface area contributed by atoms with E-state index in [2.05, 4.69) is 17.0 Å². The first-order valence-electron chi connectivity index (χ1n) is 10.5. The number of piperidine rings is 1. The lowest BCUT2D eigenvalue weighted by molar-refractivity contribution is 0.0617. The summed E-state index contributed by atoms with van der Waals surface area (Å²) in [7, 11) is 3.39. The van der Waals surface area contributed by atoms with Crippen molar-refractivity contribution < 1.29 is 14.3 Å². The second-order valence-corrected chi connectivity index (χ2v) is 8.22. The molecule has 1 aliphatic rings. The van der Waals surface area contributed by atoms with Gasteiger partial charge in [0.25, 0.3) is 5.91 Å². The van der Waals surface area contributed by atoms with Crippen LogP contribution in [0.3, 0.4) is 0 Å². The third kappa shape index (κ3) is 6.21. The van der Waals surface area contributed by atoms with Gasteiger partial charge in [-0.1, -0.05) is 29.8 Å². The fourth-order valence-corrected chi connectivity index (χ4v) is 4.09. The Morgan fingerprint density at radius 3 is 2.47 bits per heavy atom. The molecule has 0 aliphatic carbocycles. The largest absolute Gasteiger partial charge is 0.496 e. The second kappa shape index (κ2) is 11.3. The highest BCUT2D eigenvalue weighted by Gasteiger charge is 2.24. The van der Waals surface area contributed by atoms with Crippen LogP contribution in [-0.2, 0) is 11.3 Å². The van der Waals surface area contributed by atoms with Gasteiger partial charge in [0.15, 0.2) is 0 Å². The number of carbonyl (C=O) groups is 1. The molecule has 0 N–H and O–H groups in total. The predicted molar refractivity (Wildman–Crippen MR) is 120 cm³/mol. The van der Waals surface area contributed by atoms with Crippen molar-refractivity contribution >= 4 is 17.5 Å². The van der Waals surface area contributed by atoms with Crippen molar-refractivity contribution in [2.24, 2.45) is 5.92 Å². The second-order valence-electron chi connectivity index (χ2n) is 7.78. The van der Waals surface area contributed by atoms with Gasteiger partial charge < -0.3 is 14.4 Å². The van der Waals surface area contributed by atoms with Crippen molar-refractivity contribution in [3.63, 3.8) is 0 Å². The van der Waals surface area contributed by atoms with Gasteiger partial charge in [-0.25, -0.2) is 0 Å². The Kier molecular flexibility index (Phi) is 8.55. The summed E-state index contributed by atoms with van der Waals surface area (Å²) in [6, 6.07) is 15.3. The monoisotopic (exact) mass is 430 g/mol. The number of rotatable bonds is 9. The number of methoxy groups -OCH3 is 2. The van der Waals surface area contributed by atoms with Crippen LogP contribution in [-0.4, -0.2) is 62.7 Å². The van der Waals surface area contributed by atoms with E-state index in [0.29, 0.717) is 29.7 Å². The zero-order chi connectivity index (χ0) is 21.3. The van der Waals surface area contributed by atoms with Crippen molar-refractivity contribution in [3.8, 4) is 5.75 Å². The van der Waals surface area contributed by atoms with E-state index in [-0.39, 0.29) is 5.91 Å². The number of para-hydroxylation sites is 1. The average Bonchev–Trinajstić information content (AvgIpc) is 2.78. The van der Waals surface area contributed by atoms with E-state index < -0.39 is 0 Å². The first-order chi connectivity index (χ1) is 14.6. The predicted octanol–water partition coefficient (Wildman–Crippen LogP) is 4.35. The minimum atomic E-state index is 0.0418. The Bertz CT molecular complexity index is 804. The molecule has 0 bridgehead atoms. The van der Waals surface area contributed by atoms with Crippen LogP contribution < -0.4 is 4.74 Å². The standard InChI is InChI=1S/C24H31ClN2O3/c1-29-16-15-27(24(28)20-7-9-22(25)10-8-20)17-19-11-13-26(14-12-19)18-21-5-3-4-6-23(21)30-2/h3-10,19H,11-18H2,1-2H3. The lowest BCUT2D eigenvalue weighted by atomic mass is 9.95. The van der Waals surface area contributed by atoms with Crippen LogP contribution in [0.15, 0.2) is 48.5 Å². The molecule has 0 saturated carbocycles. The van der Waals surface area contributed by atoms with Crippen molar-refractivity contribution in [1.82, 2.24) is 9.80 Å². The van der Waals surface area contributed by atoms with Gasteiger partial charge in [-0.15, -0.1) is 0 Å². The normalized spacial score (nSPS) is 15.2. The fraction of sp³-hybridized carbons (Fsp3) is 0.458. The highest BCUT2D eigenvalue weighted by molar-refractivity contribution is 6.30. The highest BCUT2D eigenvalue weighted by atomic mass is 35.5. The Balaban J connectivity index is 1.56. The summed E-state index contributed by atoms with van der Waals surface area (Å²) in [6.07, 6.45) is 2.15. The maximum atomic E-state index is 13.0. The molecule has 5 nitrogen and oxygen atoms in total. The number of hydrogen-bond acceptors (Lipinski definition) is 4. The summed E-state index contributed by atoms with van der Waals surface area (Å²) in [4.78, 5) is 17.4. The lowest BCUT2D eigenvalue weighted by Crippen LogP contribution is -2.42. The number of carbonyl (C=O) groups excluding carboxylic acids is 1. The maximum Gasteiger partial charge on any atom is 0.253 e. The van der Waals surface area contributed by atoms with Crippen LogP contribution in [0.25, 0.3) is 0 Å². The quantitative estimate of drug-likeness (QED) is 0.593. The molecule has 0 aromatic heterocycles. The lowest BCUT2D eigenvalue weighted by Gasteiger charge is -2.35. The van der Waals surface area contributed by atoms with Gasteiger partial charge in [-0.3, -0.25) is 9.69 Å². The Hall–Kier alpha value is -2.08. The number of likely N-dealkylation sites (tertiary alicyclic amines) is 1. The van der Waals surface area contributed by atoms with Gasteiger partial charge in [-0.05, 0) is 62.2 Å². The number of benzene rings is 2. The van der Waals surface area contributed by atoms with Crippen LogP contribution >= 0.6 is 11.6 Å². The highest BCUT2D eigenvalue weighted by Crippen LogP contribution is 2.24. The Morgan fingerprint density at radius 2 is 1.80 bits per heavy atom. The minimum Gasteiger partial charge on any atom is -0.496 e. The number of amides is 1. The number of hydrogen-bond donors (Lipinski definition) is 0. The maximum absolute atomic E-state index is 13.0. The molecule has 6 heteroatoms. The van der Waals surface area contributed by atoms with Crippen LogP contribution in [0.2, 0.25) is 5.02 Å². The molecule has 1 aliphatic heterocycles. The van der Waals surface area contributed by atoms with Crippen molar-refractivity contribution in [1.29, 1.82) is 0 Å². The fourth-order valence-electron chi connectivity index (χ4n) is 3.97. The molecule has 1 fully saturated rings. The van der Waals surface area contributed by atoms with Crippen molar-refractivity contribution in [2.75, 3.05) is 47.0 Å². The molecule has 0 spiro atoms. The van der Waals surface area contributed by atoms with E-state index in [0.717, 1.165) is 44.8 Å². The van der Waals surface area contributed by atoms with E-state index in [1.165, 1.54) is 5.56 Å². The molecule has 1 amide bonds. The number of nitrogens with zero attached hydrogens (tertiary/aromatic N) is 2. The van der Waals surface area contributed by atoms with Gasteiger partial charge in [0.1, 0.15) is 5.75 Å². The number of halogens is 1. The van der Waals surface area contributed by atoms with Crippen LogP contribution in [0.1, 0.15) is 28.8 Å². The molecular weight excluding hydrogens is 400 g/mol. The van der Waals surface area contributed by atoms with Gasteiger partial charge in [0.2, 0.25) is 0 Å². The summed E-state index contributed by atoms with van der Waals surface area (Å²) in [6.45, 7) is 4.83. The van der Waals surface area contributed by atoms with Crippen molar-refractivity contribution in [2.45, 2.75) is 19.4 Å². The molecule has 1 saturated heterocycles. The average molecular weight is 431 g/mol. The smallest absolute Gasteiger partial charge is 0.253 e. The Labute approximate surface area is 184 Å². The molecule has 162 valence electrons. The first kappa shape index (κ1) is 22.6.